The Morgan fingerprint density at radius 1 is 1.28 bits per heavy atom. The Hall–Kier alpha value is -2.99. The summed E-state index contributed by atoms with van der Waals surface area (Å²) in [5, 5.41) is 6.23. The number of dihydropyridines is 1. The topological polar surface area (TPSA) is 59.6 Å². The third kappa shape index (κ3) is 5.09. The van der Waals surface area contributed by atoms with Gasteiger partial charge in [-0.3, -0.25) is 5.32 Å². The summed E-state index contributed by atoms with van der Waals surface area (Å²) >= 11 is 6.08. The lowest BCUT2D eigenvalue weighted by molar-refractivity contribution is 0.154. The van der Waals surface area contributed by atoms with Crippen LogP contribution in [-0.4, -0.2) is 26.4 Å². The average Bonchev–Trinajstić information content (AvgIpc) is 2.71. The molecule has 0 saturated heterocycles. The fourth-order valence-electron chi connectivity index (χ4n) is 3.08. The molecule has 0 aromatic heterocycles. The highest BCUT2D eigenvalue weighted by atomic mass is 35.5. The van der Waals surface area contributed by atoms with Crippen molar-refractivity contribution < 1.29 is 18.7 Å². The van der Waals surface area contributed by atoms with Gasteiger partial charge in [0.1, 0.15) is 17.4 Å². The van der Waals surface area contributed by atoms with Crippen LogP contribution in [0.3, 0.4) is 0 Å². The second-order valence-corrected chi connectivity index (χ2v) is 6.84. The Balaban J connectivity index is 1.84. The highest BCUT2D eigenvalue weighted by molar-refractivity contribution is 6.30. The lowest BCUT2D eigenvalue weighted by Gasteiger charge is -2.19. The van der Waals surface area contributed by atoms with Crippen molar-refractivity contribution in [3.05, 3.63) is 76.3 Å². The molecule has 2 N–H and O–H groups in total. The molecule has 0 bridgehead atoms. The summed E-state index contributed by atoms with van der Waals surface area (Å²) in [6, 6.07) is 10.5. The van der Waals surface area contributed by atoms with Gasteiger partial charge in [0.15, 0.2) is 0 Å². The molecule has 0 spiro atoms. The van der Waals surface area contributed by atoms with Crippen molar-refractivity contribution in [2.24, 2.45) is 0 Å². The number of carbonyl (C=O) groups is 1. The number of ether oxygens (including phenoxy) is 2. The maximum absolute atomic E-state index is 15.4. The van der Waals surface area contributed by atoms with Gasteiger partial charge < -0.3 is 14.8 Å². The zero-order valence-electron chi connectivity index (χ0n) is 16.2. The van der Waals surface area contributed by atoms with E-state index in [2.05, 4.69) is 10.6 Å². The molecule has 1 aliphatic heterocycles. The van der Waals surface area contributed by atoms with Crippen LogP contribution in [0.25, 0.3) is 11.1 Å². The van der Waals surface area contributed by atoms with Gasteiger partial charge in [-0.25, -0.2) is 9.18 Å². The minimum absolute atomic E-state index is 0.298. The van der Waals surface area contributed by atoms with E-state index in [1.165, 1.54) is 7.11 Å². The van der Waals surface area contributed by atoms with Crippen LogP contribution in [-0.2, 0) is 11.2 Å². The summed E-state index contributed by atoms with van der Waals surface area (Å²) < 4.78 is 25.6. The van der Waals surface area contributed by atoms with Gasteiger partial charge in [0.2, 0.25) is 0 Å². The van der Waals surface area contributed by atoms with E-state index in [9.17, 15) is 4.79 Å². The third-order valence-corrected chi connectivity index (χ3v) is 4.67. The van der Waals surface area contributed by atoms with Crippen molar-refractivity contribution >= 4 is 17.7 Å². The number of amides is 1. The van der Waals surface area contributed by atoms with E-state index in [1.54, 1.807) is 49.4 Å². The van der Waals surface area contributed by atoms with Crippen LogP contribution in [0.1, 0.15) is 12.5 Å². The molecule has 2 aromatic carbocycles. The Morgan fingerprint density at radius 2 is 2.10 bits per heavy atom. The molecule has 7 heteroatoms. The molecule has 0 radical (unpaired) electrons. The maximum Gasteiger partial charge on any atom is 0.412 e. The van der Waals surface area contributed by atoms with Crippen molar-refractivity contribution in [3.63, 3.8) is 0 Å². The molecule has 152 valence electrons. The first kappa shape index (κ1) is 20.7. The number of methoxy groups -OCH3 is 1. The third-order valence-electron chi connectivity index (χ3n) is 4.44. The highest BCUT2D eigenvalue weighted by Crippen LogP contribution is 2.36. The molecule has 0 atom stereocenters. The Kier molecular flexibility index (Phi) is 6.77. The van der Waals surface area contributed by atoms with E-state index in [0.29, 0.717) is 52.9 Å². The number of hydrogen-bond donors (Lipinski definition) is 2. The SMILES string of the molecule is CCOC(=O)NC1=CC=C(Cc2ccc(OC)c(-c3cccc(Cl)c3)c2F)CN1. The molecule has 0 saturated carbocycles. The lowest BCUT2D eigenvalue weighted by atomic mass is 9.96. The van der Waals surface area contributed by atoms with Gasteiger partial charge in [-0.1, -0.05) is 35.9 Å². The maximum atomic E-state index is 15.4. The molecule has 1 heterocycles. The summed E-state index contributed by atoms with van der Waals surface area (Å²) in [7, 11) is 1.51. The molecular formula is C22H22ClFN2O3. The van der Waals surface area contributed by atoms with Gasteiger partial charge in [-0.05, 0) is 54.3 Å². The summed E-state index contributed by atoms with van der Waals surface area (Å²) in [5.41, 5.74) is 2.56. The molecule has 0 aliphatic carbocycles. The minimum atomic E-state index is -0.518. The number of benzene rings is 2. The van der Waals surface area contributed by atoms with Crippen molar-refractivity contribution in [1.29, 1.82) is 0 Å². The van der Waals surface area contributed by atoms with Gasteiger partial charge in [0.25, 0.3) is 0 Å². The summed E-state index contributed by atoms with van der Waals surface area (Å²) in [6.07, 6.45) is 3.49. The van der Waals surface area contributed by atoms with E-state index >= 15 is 4.39 Å². The van der Waals surface area contributed by atoms with E-state index in [-0.39, 0.29) is 5.82 Å². The second kappa shape index (κ2) is 9.47. The Labute approximate surface area is 174 Å². The number of rotatable bonds is 6. The lowest BCUT2D eigenvalue weighted by Crippen LogP contribution is -2.34. The van der Waals surface area contributed by atoms with Crippen molar-refractivity contribution in [1.82, 2.24) is 10.6 Å². The number of nitrogens with one attached hydrogen (secondary N) is 2. The standard InChI is InChI=1S/C22H22ClFN2O3/c1-3-29-22(27)26-19-10-7-14(13-25-19)11-16-8-9-18(28-2)20(21(16)24)15-5-4-6-17(23)12-15/h4-10,12,25H,3,11,13H2,1-2H3,(H,26,27). The Morgan fingerprint density at radius 3 is 2.76 bits per heavy atom. The smallest absolute Gasteiger partial charge is 0.412 e. The van der Waals surface area contributed by atoms with Gasteiger partial charge in [-0.2, -0.15) is 0 Å². The van der Waals surface area contributed by atoms with Gasteiger partial charge in [-0.15, -0.1) is 0 Å². The van der Waals surface area contributed by atoms with E-state index < -0.39 is 6.09 Å². The van der Waals surface area contributed by atoms with Gasteiger partial charge >= 0.3 is 6.09 Å². The molecule has 3 rings (SSSR count). The largest absolute Gasteiger partial charge is 0.496 e. The van der Waals surface area contributed by atoms with E-state index in [1.807, 2.05) is 6.08 Å². The molecule has 29 heavy (non-hydrogen) atoms. The first-order valence-electron chi connectivity index (χ1n) is 9.20. The van der Waals surface area contributed by atoms with Crippen LogP contribution in [0.4, 0.5) is 9.18 Å². The predicted octanol–water partition coefficient (Wildman–Crippen LogP) is 4.81. The number of alkyl carbamates (subject to hydrolysis) is 1. The molecule has 1 amide bonds. The minimum Gasteiger partial charge on any atom is -0.496 e. The van der Waals surface area contributed by atoms with Crippen LogP contribution in [0.2, 0.25) is 5.02 Å². The predicted molar refractivity (Wildman–Crippen MR) is 111 cm³/mol. The van der Waals surface area contributed by atoms with Crippen LogP contribution in [0.5, 0.6) is 5.75 Å². The van der Waals surface area contributed by atoms with Crippen molar-refractivity contribution in [2.45, 2.75) is 13.3 Å². The van der Waals surface area contributed by atoms with Crippen molar-refractivity contribution in [3.8, 4) is 16.9 Å². The van der Waals surface area contributed by atoms with Crippen LogP contribution in [0, 0.1) is 5.82 Å². The monoisotopic (exact) mass is 416 g/mol. The van der Waals surface area contributed by atoms with Crippen LogP contribution < -0.4 is 15.4 Å². The number of carbonyl (C=O) groups excluding carboxylic acids is 1. The first-order chi connectivity index (χ1) is 14.0. The highest BCUT2D eigenvalue weighted by Gasteiger charge is 2.18. The average molecular weight is 417 g/mol. The molecule has 0 fully saturated rings. The second-order valence-electron chi connectivity index (χ2n) is 6.41. The van der Waals surface area contributed by atoms with Gasteiger partial charge in [0, 0.05) is 11.6 Å². The summed E-state index contributed by atoms with van der Waals surface area (Å²) in [5.74, 6) is 0.652. The van der Waals surface area contributed by atoms with Gasteiger partial charge in [0.05, 0.1) is 19.3 Å². The number of allylic oxidation sites excluding steroid dienone is 2. The summed E-state index contributed by atoms with van der Waals surface area (Å²) in [6.45, 7) is 2.52. The quantitative estimate of drug-likeness (QED) is 0.709. The van der Waals surface area contributed by atoms with Crippen LogP contribution in [0.15, 0.2) is 59.9 Å². The zero-order chi connectivity index (χ0) is 20.8. The molecule has 1 aliphatic rings. The zero-order valence-corrected chi connectivity index (χ0v) is 17.0. The van der Waals surface area contributed by atoms with E-state index in [0.717, 1.165) is 5.57 Å². The molecular weight excluding hydrogens is 395 g/mol. The fraction of sp³-hybridized carbons (Fsp3) is 0.227. The molecule has 0 unspecified atom stereocenters. The van der Waals surface area contributed by atoms with E-state index in [4.69, 9.17) is 21.1 Å². The van der Waals surface area contributed by atoms with Crippen molar-refractivity contribution in [2.75, 3.05) is 20.3 Å². The number of halogens is 2. The Bertz CT molecular complexity index is 973. The molecule has 5 nitrogen and oxygen atoms in total. The fourth-order valence-corrected chi connectivity index (χ4v) is 3.27. The first-order valence-corrected chi connectivity index (χ1v) is 9.58. The van der Waals surface area contributed by atoms with Crippen LogP contribution >= 0.6 is 11.6 Å². The summed E-state index contributed by atoms with van der Waals surface area (Å²) in [4.78, 5) is 11.5. The number of hydrogen-bond acceptors (Lipinski definition) is 4. The molecule has 2 aromatic rings. The normalized spacial score (nSPS) is 13.1.